The fourth-order valence-corrected chi connectivity index (χ4v) is 2.98. The Morgan fingerprint density at radius 2 is 2.19 bits per heavy atom. The van der Waals surface area contributed by atoms with Crippen molar-refractivity contribution in [1.29, 1.82) is 0 Å². The summed E-state index contributed by atoms with van der Waals surface area (Å²) in [6, 6.07) is 3.79. The maximum atomic E-state index is 13.4. The first-order chi connectivity index (χ1) is 10.1. The lowest BCUT2D eigenvalue weighted by Gasteiger charge is -2.30. The number of phenolic OH excluding ortho intramolecular Hbond substituents is 1. The van der Waals surface area contributed by atoms with Gasteiger partial charge in [-0.3, -0.25) is 4.79 Å². The predicted octanol–water partition coefficient (Wildman–Crippen LogP) is 2.14. The molecule has 1 aromatic rings. The van der Waals surface area contributed by atoms with Gasteiger partial charge in [0.25, 0.3) is 5.91 Å². The first kappa shape index (κ1) is 14.3. The number of benzene rings is 1. The first-order valence-corrected chi connectivity index (χ1v) is 7.65. The lowest BCUT2D eigenvalue weighted by atomic mass is 9.98. The molecule has 5 heteroatoms. The van der Waals surface area contributed by atoms with E-state index >= 15 is 0 Å². The minimum Gasteiger partial charge on any atom is -0.507 e. The van der Waals surface area contributed by atoms with Crippen LogP contribution in [0.4, 0.5) is 4.39 Å². The van der Waals surface area contributed by atoms with Gasteiger partial charge in [-0.25, -0.2) is 4.39 Å². The molecule has 1 aromatic carbocycles. The van der Waals surface area contributed by atoms with E-state index < -0.39 is 5.82 Å². The summed E-state index contributed by atoms with van der Waals surface area (Å²) >= 11 is 0. The van der Waals surface area contributed by atoms with Crippen molar-refractivity contribution in [3.63, 3.8) is 0 Å². The second kappa shape index (κ2) is 6.02. The lowest BCUT2D eigenvalue weighted by Crippen LogP contribution is -2.42. The Hall–Kier alpha value is -1.62. The highest BCUT2D eigenvalue weighted by molar-refractivity contribution is 5.97. The number of hydrogen-bond donors (Lipinski definition) is 2. The Balaban J connectivity index is 1.76. The number of carbonyl (C=O) groups is 1. The van der Waals surface area contributed by atoms with Gasteiger partial charge in [0.05, 0.1) is 5.56 Å². The zero-order chi connectivity index (χ0) is 14.8. The summed E-state index contributed by atoms with van der Waals surface area (Å²) in [4.78, 5) is 14.5. The van der Waals surface area contributed by atoms with Gasteiger partial charge in [-0.1, -0.05) is 0 Å². The second-order valence-corrected chi connectivity index (χ2v) is 6.06. The number of nitrogens with one attached hydrogen (secondary N) is 1. The highest BCUT2D eigenvalue weighted by Crippen LogP contribution is 2.31. The number of halogens is 1. The van der Waals surface area contributed by atoms with Crippen molar-refractivity contribution in [3.05, 3.63) is 29.6 Å². The SMILES string of the molecule is O=C(c1cc(F)ccc1O)N(CC1CCCNC1)C1CC1. The van der Waals surface area contributed by atoms with Crippen LogP contribution in [0.1, 0.15) is 36.0 Å². The molecule has 4 nitrogen and oxygen atoms in total. The molecule has 0 aromatic heterocycles. The van der Waals surface area contributed by atoms with E-state index in [2.05, 4.69) is 5.32 Å². The molecule has 2 fully saturated rings. The zero-order valence-electron chi connectivity index (χ0n) is 12.0. The smallest absolute Gasteiger partial charge is 0.257 e. The number of hydrogen-bond acceptors (Lipinski definition) is 3. The van der Waals surface area contributed by atoms with E-state index in [0.29, 0.717) is 12.5 Å². The van der Waals surface area contributed by atoms with Crippen LogP contribution < -0.4 is 5.32 Å². The number of nitrogens with zero attached hydrogens (tertiary/aromatic N) is 1. The standard InChI is InChI=1S/C16H21FN2O2/c17-12-3-6-15(20)14(8-12)16(21)19(13-4-5-13)10-11-2-1-7-18-9-11/h3,6,8,11,13,18,20H,1-2,4-5,7,9-10H2. The minimum absolute atomic E-state index is 0.0747. The average molecular weight is 292 g/mol. The molecular weight excluding hydrogens is 271 g/mol. The van der Waals surface area contributed by atoms with Crippen molar-refractivity contribution in [2.45, 2.75) is 31.7 Å². The van der Waals surface area contributed by atoms with E-state index in [1.807, 2.05) is 4.90 Å². The third-order valence-corrected chi connectivity index (χ3v) is 4.29. The Kier molecular flexibility index (Phi) is 4.10. The number of phenols is 1. The summed E-state index contributed by atoms with van der Waals surface area (Å²) in [5.74, 6) is -0.445. The van der Waals surface area contributed by atoms with Gasteiger partial charge in [-0.2, -0.15) is 0 Å². The van der Waals surface area contributed by atoms with Crippen LogP contribution in [0.2, 0.25) is 0 Å². The van der Waals surface area contributed by atoms with Gasteiger partial charge < -0.3 is 15.3 Å². The van der Waals surface area contributed by atoms with Crippen molar-refractivity contribution in [1.82, 2.24) is 10.2 Å². The van der Waals surface area contributed by atoms with Gasteiger partial charge in [0.2, 0.25) is 0 Å². The molecule has 114 valence electrons. The van der Waals surface area contributed by atoms with Gasteiger partial charge in [0, 0.05) is 12.6 Å². The lowest BCUT2D eigenvalue weighted by molar-refractivity contribution is 0.0700. The fraction of sp³-hybridized carbons (Fsp3) is 0.562. The van der Waals surface area contributed by atoms with Crippen molar-refractivity contribution in [2.75, 3.05) is 19.6 Å². The van der Waals surface area contributed by atoms with E-state index in [0.717, 1.165) is 44.8 Å². The van der Waals surface area contributed by atoms with Crippen LogP contribution in [0, 0.1) is 11.7 Å². The predicted molar refractivity (Wildman–Crippen MR) is 77.7 cm³/mol. The van der Waals surface area contributed by atoms with Gasteiger partial charge in [0.1, 0.15) is 11.6 Å². The summed E-state index contributed by atoms with van der Waals surface area (Å²) < 4.78 is 13.4. The largest absolute Gasteiger partial charge is 0.507 e. The van der Waals surface area contributed by atoms with Crippen molar-refractivity contribution >= 4 is 5.91 Å². The molecule has 21 heavy (non-hydrogen) atoms. The van der Waals surface area contributed by atoms with Gasteiger partial charge in [0.15, 0.2) is 0 Å². The van der Waals surface area contributed by atoms with Gasteiger partial charge in [-0.15, -0.1) is 0 Å². The van der Waals surface area contributed by atoms with E-state index in [-0.39, 0.29) is 23.3 Å². The van der Waals surface area contributed by atoms with E-state index in [1.54, 1.807) is 0 Å². The van der Waals surface area contributed by atoms with Gasteiger partial charge >= 0.3 is 0 Å². The molecule has 0 radical (unpaired) electrons. The molecule has 2 aliphatic rings. The Bertz CT molecular complexity index is 525. The Morgan fingerprint density at radius 1 is 1.38 bits per heavy atom. The summed E-state index contributed by atoms with van der Waals surface area (Å²) in [5, 5.41) is 13.2. The number of rotatable bonds is 4. The number of amides is 1. The van der Waals surface area contributed by atoms with Crippen LogP contribution in [0.15, 0.2) is 18.2 Å². The normalized spacial score (nSPS) is 22.0. The summed E-state index contributed by atoms with van der Waals surface area (Å²) in [6.07, 6.45) is 4.24. The molecule has 0 bridgehead atoms. The maximum absolute atomic E-state index is 13.4. The fourth-order valence-electron chi connectivity index (χ4n) is 2.98. The molecule has 2 N–H and O–H groups in total. The molecule has 1 amide bonds. The molecule has 0 spiro atoms. The Morgan fingerprint density at radius 3 is 2.86 bits per heavy atom. The van der Waals surface area contributed by atoms with Crippen molar-refractivity contribution in [2.24, 2.45) is 5.92 Å². The number of aromatic hydroxyl groups is 1. The summed E-state index contributed by atoms with van der Waals surface area (Å²) in [7, 11) is 0. The van der Waals surface area contributed by atoms with Crippen molar-refractivity contribution in [3.8, 4) is 5.75 Å². The molecule has 3 rings (SSSR count). The summed E-state index contributed by atoms with van der Waals surface area (Å²) in [6.45, 7) is 2.65. The van der Waals surface area contributed by atoms with Crippen LogP contribution >= 0.6 is 0 Å². The third kappa shape index (κ3) is 3.35. The quantitative estimate of drug-likeness (QED) is 0.894. The molecule has 1 aliphatic carbocycles. The highest BCUT2D eigenvalue weighted by Gasteiger charge is 2.35. The van der Waals surface area contributed by atoms with Crippen LogP contribution in [-0.2, 0) is 0 Å². The summed E-state index contributed by atoms with van der Waals surface area (Å²) in [5.41, 5.74) is 0.0747. The molecule has 1 heterocycles. The van der Waals surface area contributed by atoms with Crippen LogP contribution in [-0.4, -0.2) is 41.6 Å². The molecular formula is C16H21FN2O2. The molecule has 1 saturated heterocycles. The van der Waals surface area contributed by atoms with E-state index in [9.17, 15) is 14.3 Å². The van der Waals surface area contributed by atoms with Crippen LogP contribution in [0.3, 0.4) is 0 Å². The van der Waals surface area contributed by atoms with Crippen molar-refractivity contribution < 1.29 is 14.3 Å². The number of piperidine rings is 1. The molecule has 1 aliphatic heterocycles. The number of carbonyl (C=O) groups excluding carboxylic acids is 1. The molecule has 1 atom stereocenters. The van der Waals surface area contributed by atoms with Crippen LogP contribution in [0.25, 0.3) is 0 Å². The van der Waals surface area contributed by atoms with E-state index in [1.165, 1.54) is 12.1 Å². The maximum Gasteiger partial charge on any atom is 0.257 e. The molecule has 1 saturated carbocycles. The van der Waals surface area contributed by atoms with Crippen LogP contribution in [0.5, 0.6) is 5.75 Å². The highest BCUT2D eigenvalue weighted by atomic mass is 19.1. The van der Waals surface area contributed by atoms with E-state index in [4.69, 9.17) is 0 Å². The second-order valence-electron chi connectivity index (χ2n) is 6.06. The molecule has 1 unspecified atom stereocenters. The average Bonchev–Trinajstić information content (AvgIpc) is 3.32. The Labute approximate surface area is 124 Å². The monoisotopic (exact) mass is 292 g/mol. The first-order valence-electron chi connectivity index (χ1n) is 7.65. The minimum atomic E-state index is -0.494. The van der Waals surface area contributed by atoms with Gasteiger partial charge in [-0.05, 0) is 62.9 Å². The topological polar surface area (TPSA) is 52.6 Å². The third-order valence-electron chi connectivity index (χ3n) is 4.29. The zero-order valence-corrected chi connectivity index (χ0v) is 12.0.